The molecule has 0 radical (unpaired) electrons. The van der Waals surface area contributed by atoms with Gasteiger partial charge in [-0.05, 0) is 44.9 Å². The third-order valence-electron chi connectivity index (χ3n) is 12.5. The molecule has 0 spiro atoms. The third kappa shape index (κ3) is 46.2. The Morgan fingerprint density at radius 1 is 0.424 bits per heavy atom. The SMILES string of the molecule is CCCCCCCCCCCCCC/C=C\CCCCCCCC(O)CC(=O)NC(CO)C(O)/C=C/CCCCCCCCCCCCCCCCCCCCCCC. The van der Waals surface area contributed by atoms with Gasteiger partial charge in [-0.25, -0.2) is 0 Å². The van der Waals surface area contributed by atoms with Crippen LogP contribution in [0.2, 0.25) is 0 Å². The van der Waals surface area contributed by atoms with Crippen molar-refractivity contribution in [2.45, 2.75) is 308 Å². The highest BCUT2D eigenvalue weighted by Gasteiger charge is 2.20. The van der Waals surface area contributed by atoms with Crippen LogP contribution in [0.5, 0.6) is 0 Å². The number of carbonyl (C=O) groups is 1. The maximum absolute atomic E-state index is 12.5. The smallest absolute Gasteiger partial charge is 0.222 e. The maximum Gasteiger partial charge on any atom is 0.222 e. The zero-order chi connectivity index (χ0) is 43.0. The molecule has 0 aliphatic carbocycles. The van der Waals surface area contributed by atoms with Gasteiger partial charge in [0.15, 0.2) is 0 Å². The van der Waals surface area contributed by atoms with Crippen molar-refractivity contribution in [3.05, 3.63) is 24.3 Å². The lowest BCUT2D eigenvalue weighted by atomic mass is 10.0. The summed E-state index contributed by atoms with van der Waals surface area (Å²) in [5.74, 6) is -0.316. The molecule has 0 aliphatic rings. The number of unbranched alkanes of at least 4 members (excludes halogenated alkanes) is 38. The predicted molar refractivity (Wildman–Crippen MR) is 259 cm³/mol. The van der Waals surface area contributed by atoms with Crippen LogP contribution in [-0.4, -0.2) is 46.1 Å². The van der Waals surface area contributed by atoms with Gasteiger partial charge in [0.05, 0.1) is 31.3 Å². The molecular formula is C54H105NO4. The van der Waals surface area contributed by atoms with Crippen LogP contribution in [0.1, 0.15) is 290 Å². The number of aliphatic hydroxyl groups is 3. The monoisotopic (exact) mass is 832 g/mol. The van der Waals surface area contributed by atoms with Crippen molar-refractivity contribution in [2.75, 3.05) is 6.61 Å². The van der Waals surface area contributed by atoms with Crippen LogP contribution in [0.25, 0.3) is 0 Å². The molecule has 0 aliphatic heterocycles. The summed E-state index contributed by atoms with van der Waals surface area (Å²) in [6.07, 6.45) is 62.1. The van der Waals surface area contributed by atoms with Crippen LogP contribution >= 0.6 is 0 Å². The van der Waals surface area contributed by atoms with Crippen LogP contribution in [0.4, 0.5) is 0 Å². The van der Waals surface area contributed by atoms with Gasteiger partial charge in [-0.3, -0.25) is 4.79 Å². The van der Waals surface area contributed by atoms with Crippen molar-refractivity contribution < 1.29 is 20.1 Å². The van der Waals surface area contributed by atoms with Gasteiger partial charge in [-0.1, -0.05) is 263 Å². The highest BCUT2D eigenvalue weighted by molar-refractivity contribution is 5.76. The second-order valence-electron chi connectivity index (χ2n) is 18.5. The van der Waals surface area contributed by atoms with Gasteiger partial charge in [0.2, 0.25) is 5.91 Å². The quantitative estimate of drug-likeness (QED) is 0.0363. The predicted octanol–water partition coefficient (Wildman–Crippen LogP) is 16.1. The molecule has 4 N–H and O–H groups in total. The van der Waals surface area contributed by atoms with Crippen molar-refractivity contribution in [3.8, 4) is 0 Å². The van der Waals surface area contributed by atoms with Crippen molar-refractivity contribution in [1.29, 1.82) is 0 Å². The van der Waals surface area contributed by atoms with Crippen LogP contribution in [-0.2, 0) is 4.79 Å². The molecule has 0 saturated heterocycles. The fourth-order valence-electron chi connectivity index (χ4n) is 8.40. The number of amides is 1. The largest absolute Gasteiger partial charge is 0.394 e. The molecule has 0 rings (SSSR count). The molecule has 59 heavy (non-hydrogen) atoms. The van der Waals surface area contributed by atoms with Gasteiger partial charge in [0.1, 0.15) is 0 Å². The number of allylic oxidation sites excluding steroid dienone is 3. The van der Waals surface area contributed by atoms with Crippen molar-refractivity contribution >= 4 is 5.91 Å². The minimum Gasteiger partial charge on any atom is -0.394 e. The van der Waals surface area contributed by atoms with E-state index in [1.54, 1.807) is 6.08 Å². The summed E-state index contributed by atoms with van der Waals surface area (Å²) in [4.78, 5) is 12.5. The number of hydrogen-bond donors (Lipinski definition) is 4. The lowest BCUT2D eigenvalue weighted by Gasteiger charge is -2.21. The van der Waals surface area contributed by atoms with Gasteiger partial charge in [0.25, 0.3) is 0 Å². The maximum atomic E-state index is 12.5. The van der Waals surface area contributed by atoms with Crippen molar-refractivity contribution in [3.63, 3.8) is 0 Å². The Morgan fingerprint density at radius 3 is 1.03 bits per heavy atom. The highest BCUT2D eigenvalue weighted by Crippen LogP contribution is 2.17. The van der Waals surface area contributed by atoms with E-state index in [1.807, 2.05) is 6.08 Å². The molecule has 0 saturated carbocycles. The van der Waals surface area contributed by atoms with Crippen LogP contribution in [0.3, 0.4) is 0 Å². The van der Waals surface area contributed by atoms with E-state index in [0.29, 0.717) is 6.42 Å². The molecule has 3 atom stereocenters. The first-order valence-corrected chi connectivity index (χ1v) is 26.6. The summed E-state index contributed by atoms with van der Waals surface area (Å²) >= 11 is 0. The Balaban J connectivity index is 3.60. The van der Waals surface area contributed by atoms with Gasteiger partial charge in [-0.15, -0.1) is 0 Å². The average Bonchev–Trinajstić information content (AvgIpc) is 3.23. The topological polar surface area (TPSA) is 89.8 Å². The lowest BCUT2D eigenvalue weighted by molar-refractivity contribution is -0.124. The fourth-order valence-corrected chi connectivity index (χ4v) is 8.40. The number of nitrogens with one attached hydrogen (secondary N) is 1. The minimum absolute atomic E-state index is 0.0103. The Labute approximate surface area is 369 Å². The summed E-state index contributed by atoms with van der Waals surface area (Å²) in [5, 5.41) is 33.4. The van der Waals surface area contributed by atoms with Crippen molar-refractivity contribution in [2.24, 2.45) is 0 Å². The molecule has 0 aromatic carbocycles. The standard InChI is InChI=1S/C54H105NO4/c1-3-5-7-9-11-13-15-17-19-21-23-25-26-28-30-32-34-36-38-40-42-44-46-48-53(58)52(50-56)55-54(59)49-51(57)47-45-43-41-39-37-35-33-31-29-27-24-22-20-18-16-14-12-10-8-6-4-2/h31,33,46,48,51-53,56-58H,3-30,32,34-45,47,49-50H2,1-2H3,(H,55,59)/b33-31-,48-46+. The van der Waals surface area contributed by atoms with E-state index in [1.165, 1.54) is 225 Å². The summed E-state index contributed by atoms with van der Waals surface area (Å²) < 4.78 is 0. The Kier molecular flexibility index (Phi) is 48.5. The van der Waals surface area contributed by atoms with E-state index in [9.17, 15) is 20.1 Å². The molecule has 0 bridgehead atoms. The van der Waals surface area contributed by atoms with Crippen LogP contribution in [0.15, 0.2) is 24.3 Å². The molecular weight excluding hydrogens is 727 g/mol. The third-order valence-corrected chi connectivity index (χ3v) is 12.5. The highest BCUT2D eigenvalue weighted by atomic mass is 16.3. The summed E-state index contributed by atoms with van der Waals surface area (Å²) in [6.45, 7) is 4.24. The van der Waals surface area contributed by atoms with Crippen LogP contribution in [0, 0.1) is 0 Å². The zero-order valence-electron chi connectivity index (χ0n) is 39.9. The molecule has 0 aromatic rings. The molecule has 0 fully saturated rings. The van der Waals surface area contributed by atoms with E-state index in [2.05, 4.69) is 31.3 Å². The number of aliphatic hydroxyl groups excluding tert-OH is 3. The molecule has 3 unspecified atom stereocenters. The first-order valence-electron chi connectivity index (χ1n) is 26.6. The Hall–Kier alpha value is -1.17. The molecule has 0 heterocycles. The van der Waals surface area contributed by atoms with Crippen molar-refractivity contribution in [1.82, 2.24) is 5.32 Å². The first-order chi connectivity index (χ1) is 29.0. The van der Waals surface area contributed by atoms with Gasteiger partial charge >= 0.3 is 0 Å². The van der Waals surface area contributed by atoms with E-state index in [-0.39, 0.29) is 18.9 Å². The van der Waals surface area contributed by atoms with Gasteiger partial charge < -0.3 is 20.6 Å². The molecule has 350 valence electrons. The second-order valence-corrected chi connectivity index (χ2v) is 18.5. The van der Waals surface area contributed by atoms with Gasteiger partial charge in [-0.2, -0.15) is 0 Å². The molecule has 1 amide bonds. The zero-order valence-corrected chi connectivity index (χ0v) is 39.9. The number of rotatable bonds is 49. The summed E-state index contributed by atoms with van der Waals surface area (Å²) in [6, 6.07) is -0.746. The Bertz CT molecular complexity index is 874. The molecule has 0 aromatic heterocycles. The molecule has 5 heteroatoms. The lowest BCUT2D eigenvalue weighted by Crippen LogP contribution is -2.45. The summed E-state index contributed by atoms with van der Waals surface area (Å²) in [7, 11) is 0. The number of hydrogen-bond acceptors (Lipinski definition) is 4. The average molecular weight is 832 g/mol. The normalized spacial score (nSPS) is 13.5. The first kappa shape index (κ1) is 57.8. The van der Waals surface area contributed by atoms with Crippen LogP contribution < -0.4 is 5.32 Å². The van der Waals surface area contributed by atoms with E-state index < -0.39 is 18.2 Å². The Morgan fingerprint density at radius 2 is 0.712 bits per heavy atom. The number of carbonyl (C=O) groups excluding carboxylic acids is 1. The fraction of sp³-hybridized carbons (Fsp3) is 0.907. The van der Waals surface area contributed by atoms with E-state index in [4.69, 9.17) is 0 Å². The minimum atomic E-state index is -0.930. The molecule has 5 nitrogen and oxygen atoms in total. The van der Waals surface area contributed by atoms with E-state index >= 15 is 0 Å². The summed E-state index contributed by atoms with van der Waals surface area (Å²) in [5.41, 5.74) is 0. The van der Waals surface area contributed by atoms with Gasteiger partial charge in [0, 0.05) is 0 Å². The van der Waals surface area contributed by atoms with E-state index in [0.717, 1.165) is 38.5 Å². The second kappa shape index (κ2) is 49.5.